The summed E-state index contributed by atoms with van der Waals surface area (Å²) in [5.74, 6) is 0.281. The number of halogens is 1. The maximum absolute atomic E-state index is 12.2. The second-order valence-electron chi connectivity index (χ2n) is 4.99. The van der Waals surface area contributed by atoms with Gasteiger partial charge in [0, 0.05) is 12.3 Å². The zero-order valence-corrected chi connectivity index (χ0v) is 14.6. The van der Waals surface area contributed by atoms with Crippen LogP contribution in [0.15, 0.2) is 52.9 Å². The number of nitrogens with one attached hydrogen (secondary N) is 1. The summed E-state index contributed by atoms with van der Waals surface area (Å²) in [7, 11) is -3.65. The number of hydrogen-bond acceptors (Lipinski definition) is 4. The van der Waals surface area contributed by atoms with Gasteiger partial charge in [-0.05, 0) is 30.2 Å². The standard InChI is InChI=1S/C15H14ClN3O2S2/c1-11-4-2-3-5-12(11)10-19-9-8-14(17-19)18-23(20,21)15-7-6-13(16)22-15/h2-9H,10H2,1H3,(H,17,18). The van der Waals surface area contributed by atoms with Gasteiger partial charge in [-0.3, -0.25) is 9.40 Å². The fourth-order valence-corrected chi connectivity index (χ4v) is 4.58. The highest BCUT2D eigenvalue weighted by atomic mass is 35.5. The van der Waals surface area contributed by atoms with Crippen LogP contribution in [0.5, 0.6) is 0 Å². The highest BCUT2D eigenvalue weighted by Crippen LogP contribution is 2.26. The quantitative estimate of drug-likeness (QED) is 0.746. The fraction of sp³-hybridized carbons (Fsp3) is 0.133. The second kappa shape index (κ2) is 6.35. The molecule has 0 spiro atoms. The summed E-state index contributed by atoms with van der Waals surface area (Å²) in [6, 6.07) is 12.7. The van der Waals surface area contributed by atoms with E-state index in [0.29, 0.717) is 10.9 Å². The van der Waals surface area contributed by atoms with Crippen molar-refractivity contribution in [3.05, 3.63) is 64.1 Å². The molecule has 1 aromatic carbocycles. The SMILES string of the molecule is Cc1ccccc1Cn1ccc(NS(=O)(=O)c2ccc(Cl)s2)n1. The van der Waals surface area contributed by atoms with E-state index < -0.39 is 10.0 Å². The molecular formula is C15H14ClN3O2S2. The van der Waals surface area contributed by atoms with Crippen LogP contribution in [0.4, 0.5) is 5.82 Å². The lowest BCUT2D eigenvalue weighted by molar-refractivity contribution is 0.602. The molecule has 0 bridgehead atoms. The first-order chi connectivity index (χ1) is 10.9. The van der Waals surface area contributed by atoms with Crippen molar-refractivity contribution < 1.29 is 8.42 Å². The third-order valence-corrected chi connectivity index (χ3v) is 6.36. The summed E-state index contributed by atoms with van der Waals surface area (Å²) >= 11 is 6.79. The van der Waals surface area contributed by atoms with E-state index in [2.05, 4.69) is 9.82 Å². The Bertz CT molecular complexity index is 932. The van der Waals surface area contributed by atoms with Gasteiger partial charge in [0.05, 0.1) is 10.9 Å². The van der Waals surface area contributed by atoms with E-state index in [1.165, 1.54) is 11.6 Å². The Balaban J connectivity index is 1.76. The summed E-state index contributed by atoms with van der Waals surface area (Å²) < 4.78 is 29.2. The molecule has 0 radical (unpaired) electrons. The van der Waals surface area contributed by atoms with Crippen LogP contribution in [-0.2, 0) is 16.6 Å². The number of thiophene rings is 1. The van der Waals surface area contributed by atoms with Crippen molar-refractivity contribution in [2.45, 2.75) is 17.7 Å². The van der Waals surface area contributed by atoms with Crippen LogP contribution < -0.4 is 4.72 Å². The summed E-state index contributed by atoms with van der Waals surface area (Å²) in [6.45, 7) is 2.61. The molecule has 2 aromatic heterocycles. The maximum atomic E-state index is 12.2. The zero-order chi connectivity index (χ0) is 16.4. The number of benzene rings is 1. The van der Waals surface area contributed by atoms with Crippen molar-refractivity contribution in [1.29, 1.82) is 0 Å². The van der Waals surface area contributed by atoms with E-state index in [-0.39, 0.29) is 10.0 Å². The minimum atomic E-state index is -3.65. The van der Waals surface area contributed by atoms with Gasteiger partial charge < -0.3 is 0 Å². The molecule has 2 heterocycles. The predicted octanol–water partition coefficient (Wildman–Crippen LogP) is 3.76. The first-order valence-electron chi connectivity index (χ1n) is 6.80. The molecule has 0 saturated heterocycles. The third kappa shape index (κ3) is 3.74. The van der Waals surface area contributed by atoms with Crippen molar-refractivity contribution in [1.82, 2.24) is 9.78 Å². The van der Waals surface area contributed by atoms with E-state index >= 15 is 0 Å². The number of hydrogen-bond donors (Lipinski definition) is 1. The fourth-order valence-electron chi connectivity index (χ4n) is 2.10. The van der Waals surface area contributed by atoms with Crippen LogP contribution in [0.25, 0.3) is 0 Å². The van der Waals surface area contributed by atoms with Gasteiger partial charge in [-0.2, -0.15) is 5.10 Å². The van der Waals surface area contributed by atoms with Crippen molar-refractivity contribution in [2.75, 3.05) is 4.72 Å². The first kappa shape index (κ1) is 16.0. The van der Waals surface area contributed by atoms with Crippen LogP contribution in [-0.4, -0.2) is 18.2 Å². The van der Waals surface area contributed by atoms with Gasteiger partial charge in [-0.15, -0.1) is 11.3 Å². The van der Waals surface area contributed by atoms with Crippen LogP contribution in [0.2, 0.25) is 4.34 Å². The van der Waals surface area contributed by atoms with Gasteiger partial charge >= 0.3 is 0 Å². The van der Waals surface area contributed by atoms with Crippen molar-refractivity contribution >= 4 is 38.8 Å². The van der Waals surface area contributed by atoms with Crippen molar-refractivity contribution in [3.63, 3.8) is 0 Å². The number of aromatic nitrogens is 2. The van der Waals surface area contributed by atoms with Gasteiger partial charge in [0.25, 0.3) is 10.0 Å². The molecule has 0 amide bonds. The molecule has 8 heteroatoms. The zero-order valence-electron chi connectivity index (χ0n) is 12.2. The molecule has 0 aliphatic rings. The number of aryl methyl sites for hydroxylation is 1. The molecule has 0 unspecified atom stereocenters. The first-order valence-corrected chi connectivity index (χ1v) is 9.48. The Hall–Kier alpha value is -1.83. The summed E-state index contributed by atoms with van der Waals surface area (Å²) in [6.07, 6.45) is 1.74. The Kier molecular flexibility index (Phi) is 4.43. The monoisotopic (exact) mass is 367 g/mol. The minimum Gasteiger partial charge on any atom is -0.266 e. The molecule has 120 valence electrons. The third-order valence-electron chi connectivity index (χ3n) is 3.29. The normalized spacial score (nSPS) is 11.6. The van der Waals surface area contributed by atoms with Crippen molar-refractivity contribution in [2.24, 2.45) is 0 Å². The molecule has 3 aromatic rings. The number of sulfonamides is 1. The maximum Gasteiger partial charge on any atom is 0.272 e. The van der Waals surface area contributed by atoms with Gasteiger partial charge in [-0.1, -0.05) is 35.9 Å². The molecule has 0 atom stereocenters. The van der Waals surface area contributed by atoms with Gasteiger partial charge in [0.1, 0.15) is 4.21 Å². The predicted molar refractivity (Wildman–Crippen MR) is 92.6 cm³/mol. The van der Waals surface area contributed by atoms with E-state index in [0.717, 1.165) is 16.9 Å². The number of anilines is 1. The average Bonchev–Trinajstić information content (AvgIpc) is 3.11. The smallest absolute Gasteiger partial charge is 0.266 e. The Labute approximate surface area is 143 Å². The highest BCUT2D eigenvalue weighted by Gasteiger charge is 2.18. The van der Waals surface area contributed by atoms with E-state index in [4.69, 9.17) is 11.6 Å². The summed E-state index contributed by atoms with van der Waals surface area (Å²) in [5, 5.41) is 4.26. The molecular weight excluding hydrogens is 354 g/mol. The van der Waals surface area contributed by atoms with Crippen LogP contribution in [0, 0.1) is 6.92 Å². The minimum absolute atomic E-state index is 0.163. The van der Waals surface area contributed by atoms with Crippen molar-refractivity contribution in [3.8, 4) is 0 Å². The molecule has 0 fully saturated rings. The summed E-state index contributed by atoms with van der Waals surface area (Å²) in [5.41, 5.74) is 2.30. The molecule has 0 saturated carbocycles. The van der Waals surface area contributed by atoms with Crippen LogP contribution in [0.1, 0.15) is 11.1 Å². The van der Waals surface area contributed by atoms with Gasteiger partial charge in [-0.25, -0.2) is 8.42 Å². The highest BCUT2D eigenvalue weighted by molar-refractivity contribution is 7.94. The molecule has 5 nitrogen and oxygen atoms in total. The largest absolute Gasteiger partial charge is 0.272 e. The number of nitrogens with zero attached hydrogens (tertiary/aromatic N) is 2. The molecule has 23 heavy (non-hydrogen) atoms. The van der Waals surface area contributed by atoms with Gasteiger partial charge in [0.2, 0.25) is 0 Å². The van der Waals surface area contributed by atoms with Crippen LogP contribution >= 0.6 is 22.9 Å². The molecule has 3 rings (SSSR count). The molecule has 1 N–H and O–H groups in total. The number of rotatable bonds is 5. The topological polar surface area (TPSA) is 64.0 Å². The Morgan fingerprint density at radius 3 is 2.70 bits per heavy atom. The lowest BCUT2D eigenvalue weighted by Crippen LogP contribution is -2.12. The van der Waals surface area contributed by atoms with E-state index in [1.54, 1.807) is 23.0 Å². The van der Waals surface area contributed by atoms with E-state index in [1.807, 2.05) is 31.2 Å². The Morgan fingerprint density at radius 2 is 2.00 bits per heavy atom. The average molecular weight is 368 g/mol. The lowest BCUT2D eigenvalue weighted by Gasteiger charge is -2.06. The molecule has 0 aliphatic carbocycles. The Morgan fingerprint density at radius 1 is 1.22 bits per heavy atom. The van der Waals surface area contributed by atoms with Gasteiger partial charge in [0.15, 0.2) is 5.82 Å². The van der Waals surface area contributed by atoms with Crippen LogP contribution in [0.3, 0.4) is 0 Å². The van der Waals surface area contributed by atoms with E-state index in [9.17, 15) is 8.42 Å². The summed E-state index contributed by atoms with van der Waals surface area (Å²) in [4.78, 5) is 0. The molecule has 0 aliphatic heterocycles. The lowest BCUT2D eigenvalue weighted by atomic mass is 10.1. The second-order valence-corrected chi connectivity index (χ2v) is 8.61.